The van der Waals surface area contributed by atoms with Gasteiger partial charge in [-0.25, -0.2) is 4.98 Å². The van der Waals surface area contributed by atoms with Crippen LogP contribution in [-0.4, -0.2) is 19.6 Å². The Balaban J connectivity index is 1.81. The molecule has 1 atom stereocenters. The molecule has 0 unspecified atom stereocenters. The Kier molecular flexibility index (Phi) is 4.02. The van der Waals surface area contributed by atoms with Crippen molar-refractivity contribution < 1.29 is 0 Å². The van der Waals surface area contributed by atoms with Gasteiger partial charge in [0.25, 0.3) is 5.56 Å². The van der Waals surface area contributed by atoms with Crippen LogP contribution in [0.4, 0.5) is 0 Å². The molecule has 1 aliphatic carbocycles. The van der Waals surface area contributed by atoms with E-state index in [-0.39, 0.29) is 11.5 Å². The van der Waals surface area contributed by atoms with Crippen molar-refractivity contribution >= 4 is 56.6 Å². The molecule has 1 aromatic heterocycles. The van der Waals surface area contributed by atoms with Crippen LogP contribution in [0, 0.1) is 5.92 Å². The van der Waals surface area contributed by atoms with Crippen molar-refractivity contribution in [3.05, 3.63) is 46.8 Å². The Labute approximate surface area is 154 Å². The summed E-state index contributed by atoms with van der Waals surface area (Å²) in [5.41, 5.74) is 0.749. The van der Waals surface area contributed by atoms with E-state index >= 15 is 0 Å². The number of benzene rings is 2. The number of alkyl halides is 2. The van der Waals surface area contributed by atoms with Crippen LogP contribution in [0.1, 0.15) is 13.3 Å². The van der Waals surface area contributed by atoms with Crippen molar-refractivity contribution in [2.24, 2.45) is 5.92 Å². The Hall–Kier alpha value is -1.23. The van der Waals surface area contributed by atoms with E-state index in [1.807, 2.05) is 43.3 Å². The average Bonchev–Trinajstić information content (AvgIpc) is 3.18. The molecule has 4 rings (SSSR count). The zero-order chi connectivity index (χ0) is 16.9. The number of thioether (sulfide) groups is 1. The molecule has 124 valence electrons. The van der Waals surface area contributed by atoms with Crippen LogP contribution in [0.3, 0.4) is 0 Å². The topological polar surface area (TPSA) is 34.9 Å². The maximum Gasteiger partial charge on any atom is 0.262 e. The fourth-order valence-electron chi connectivity index (χ4n) is 2.90. The average molecular weight is 379 g/mol. The highest BCUT2D eigenvalue weighted by atomic mass is 35.5. The standard InChI is InChI=1S/C18H16Cl2N2OS/c1-2-22-16(23)14-7-11-5-3-4-6-12(11)8-15(14)21-17(22)24-10-13-9-18(13,19)20/h3-8,13H,2,9-10H2,1H3/t13-/m1/s1. The molecule has 0 saturated heterocycles. The maximum atomic E-state index is 12.9. The van der Waals surface area contributed by atoms with Gasteiger partial charge in [-0.05, 0) is 36.2 Å². The summed E-state index contributed by atoms with van der Waals surface area (Å²) in [5.74, 6) is 1.04. The second kappa shape index (κ2) is 5.94. The first-order valence-electron chi connectivity index (χ1n) is 7.93. The van der Waals surface area contributed by atoms with Crippen LogP contribution in [0.2, 0.25) is 0 Å². The van der Waals surface area contributed by atoms with Gasteiger partial charge in [0.15, 0.2) is 5.16 Å². The second-order valence-corrected chi connectivity index (χ2v) is 8.66. The highest BCUT2D eigenvalue weighted by Crippen LogP contribution is 2.54. The molecule has 1 aliphatic rings. The van der Waals surface area contributed by atoms with E-state index in [0.717, 1.165) is 33.6 Å². The third kappa shape index (κ3) is 2.81. The van der Waals surface area contributed by atoms with E-state index in [1.165, 1.54) is 0 Å². The number of halogens is 2. The van der Waals surface area contributed by atoms with Crippen LogP contribution in [0.15, 0.2) is 46.3 Å². The van der Waals surface area contributed by atoms with Crippen LogP contribution in [0.25, 0.3) is 21.7 Å². The number of rotatable bonds is 4. The molecule has 1 heterocycles. The zero-order valence-corrected chi connectivity index (χ0v) is 15.5. The molecule has 0 bridgehead atoms. The smallest absolute Gasteiger partial charge is 0.262 e. The maximum absolute atomic E-state index is 12.9. The molecular formula is C18H16Cl2N2OS. The van der Waals surface area contributed by atoms with Gasteiger partial charge in [0, 0.05) is 18.2 Å². The van der Waals surface area contributed by atoms with Crippen molar-refractivity contribution in [3.8, 4) is 0 Å². The Bertz CT molecular complexity index is 999. The molecule has 3 nitrogen and oxygen atoms in total. The van der Waals surface area contributed by atoms with E-state index in [2.05, 4.69) is 0 Å². The van der Waals surface area contributed by atoms with Gasteiger partial charge in [0.1, 0.15) is 4.33 Å². The van der Waals surface area contributed by atoms with Gasteiger partial charge < -0.3 is 0 Å². The van der Waals surface area contributed by atoms with Gasteiger partial charge in [0.2, 0.25) is 0 Å². The first-order chi connectivity index (χ1) is 11.5. The number of aromatic nitrogens is 2. The quantitative estimate of drug-likeness (QED) is 0.281. The molecule has 1 saturated carbocycles. The van der Waals surface area contributed by atoms with Crippen molar-refractivity contribution in [2.75, 3.05) is 5.75 Å². The number of hydrogen-bond acceptors (Lipinski definition) is 3. The number of fused-ring (bicyclic) bond motifs is 2. The van der Waals surface area contributed by atoms with Crippen molar-refractivity contribution in [2.45, 2.75) is 29.4 Å². The van der Waals surface area contributed by atoms with Gasteiger partial charge in [-0.3, -0.25) is 9.36 Å². The summed E-state index contributed by atoms with van der Waals surface area (Å²) in [5, 5.41) is 3.54. The molecule has 0 N–H and O–H groups in total. The largest absolute Gasteiger partial charge is 0.287 e. The molecule has 0 amide bonds. The van der Waals surface area contributed by atoms with Crippen molar-refractivity contribution in [3.63, 3.8) is 0 Å². The Morgan fingerprint density at radius 2 is 1.96 bits per heavy atom. The normalized spacial score (nSPS) is 19.0. The van der Waals surface area contributed by atoms with Gasteiger partial charge in [0.05, 0.1) is 10.9 Å². The molecule has 3 aromatic rings. The lowest BCUT2D eigenvalue weighted by Crippen LogP contribution is -2.22. The third-order valence-electron chi connectivity index (χ3n) is 4.47. The molecule has 2 aromatic carbocycles. The van der Waals surface area contributed by atoms with Crippen LogP contribution in [-0.2, 0) is 6.54 Å². The summed E-state index contributed by atoms with van der Waals surface area (Å²) < 4.78 is 1.13. The van der Waals surface area contributed by atoms with E-state index in [0.29, 0.717) is 11.9 Å². The molecule has 6 heteroatoms. The molecule has 24 heavy (non-hydrogen) atoms. The molecule has 0 spiro atoms. The minimum atomic E-state index is -0.600. The second-order valence-electron chi connectivity index (χ2n) is 6.13. The molecular weight excluding hydrogens is 363 g/mol. The fraction of sp³-hybridized carbons (Fsp3) is 0.333. The number of nitrogens with zero attached hydrogens (tertiary/aromatic N) is 2. The monoisotopic (exact) mass is 378 g/mol. The van der Waals surface area contributed by atoms with E-state index < -0.39 is 4.33 Å². The van der Waals surface area contributed by atoms with Gasteiger partial charge in [-0.15, -0.1) is 23.2 Å². The lowest BCUT2D eigenvalue weighted by molar-refractivity contribution is 0.634. The molecule has 0 radical (unpaired) electrons. The van der Waals surface area contributed by atoms with Crippen molar-refractivity contribution in [1.29, 1.82) is 0 Å². The zero-order valence-electron chi connectivity index (χ0n) is 13.1. The summed E-state index contributed by atoms with van der Waals surface area (Å²) in [6.45, 7) is 2.55. The van der Waals surface area contributed by atoms with Crippen LogP contribution >= 0.6 is 35.0 Å². The van der Waals surface area contributed by atoms with Gasteiger partial charge >= 0.3 is 0 Å². The highest BCUT2D eigenvalue weighted by Gasteiger charge is 2.51. The van der Waals surface area contributed by atoms with Gasteiger partial charge in [-0.2, -0.15) is 0 Å². The number of hydrogen-bond donors (Lipinski definition) is 0. The Morgan fingerprint density at radius 3 is 2.58 bits per heavy atom. The molecule has 1 fully saturated rings. The van der Waals surface area contributed by atoms with E-state index in [4.69, 9.17) is 28.2 Å². The predicted molar refractivity (Wildman–Crippen MR) is 102 cm³/mol. The molecule has 0 aliphatic heterocycles. The first-order valence-corrected chi connectivity index (χ1v) is 9.67. The lowest BCUT2D eigenvalue weighted by Gasteiger charge is -2.12. The van der Waals surface area contributed by atoms with E-state index in [9.17, 15) is 4.79 Å². The van der Waals surface area contributed by atoms with Crippen LogP contribution in [0.5, 0.6) is 0 Å². The summed E-state index contributed by atoms with van der Waals surface area (Å²) in [6, 6.07) is 11.9. The Morgan fingerprint density at radius 1 is 1.29 bits per heavy atom. The SMILES string of the molecule is CCn1c(SC[C@H]2CC2(Cl)Cl)nc2cc3ccccc3cc2c1=O. The van der Waals surface area contributed by atoms with Crippen molar-refractivity contribution in [1.82, 2.24) is 9.55 Å². The van der Waals surface area contributed by atoms with E-state index in [1.54, 1.807) is 16.3 Å². The summed E-state index contributed by atoms with van der Waals surface area (Å²) in [6.07, 6.45) is 0.803. The van der Waals surface area contributed by atoms with Crippen LogP contribution < -0.4 is 5.56 Å². The van der Waals surface area contributed by atoms with Gasteiger partial charge in [-0.1, -0.05) is 36.0 Å². The summed E-state index contributed by atoms with van der Waals surface area (Å²) >= 11 is 13.8. The third-order valence-corrected chi connectivity index (χ3v) is 6.54. The minimum Gasteiger partial charge on any atom is -0.287 e. The minimum absolute atomic E-state index is 0.00885. The first kappa shape index (κ1) is 16.2. The fourth-order valence-corrected chi connectivity index (χ4v) is 4.90. The summed E-state index contributed by atoms with van der Waals surface area (Å²) in [7, 11) is 0. The predicted octanol–water partition coefficient (Wildman–Crippen LogP) is 4.86. The lowest BCUT2D eigenvalue weighted by atomic mass is 10.1. The summed E-state index contributed by atoms with van der Waals surface area (Å²) in [4.78, 5) is 17.6. The highest BCUT2D eigenvalue weighted by molar-refractivity contribution is 7.99.